The molecule has 0 radical (unpaired) electrons. The predicted octanol–water partition coefficient (Wildman–Crippen LogP) is 0.957. The van der Waals surface area contributed by atoms with Gasteiger partial charge in [-0.1, -0.05) is 0 Å². The lowest BCUT2D eigenvalue weighted by atomic mass is 9.79. The zero-order valence-electron chi connectivity index (χ0n) is 12.3. The third-order valence-corrected chi connectivity index (χ3v) is 5.24. The zero-order valence-corrected chi connectivity index (χ0v) is 13.9. The van der Waals surface area contributed by atoms with Crippen molar-refractivity contribution >= 4 is 40.8 Å². The summed E-state index contributed by atoms with van der Waals surface area (Å²) in [5.74, 6) is -0.0343. The molecule has 7 nitrogen and oxygen atoms in total. The monoisotopic (exact) mass is 345 g/mol. The Kier molecular flexibility index (Phi) is 4.93. The van der Waals surface area contributed by atoms with Crippen molar-refractivity contribution in [2.75, 3.05) is 18.8 Å². The maximum absolute atomic E-state index is 12.0. The van der Waals surface area contributed by atoms with E-state index in [0.717, 1.165) is 37.4 Å². The third-order valence-electron chi connectivity index (χ3n) is 4.43. The number of amides is 3. The topological polar surface area (TPSA) is 100 Å². The molecule has 1 aromatic rings. The molecule has 1 atom stereocenters. The van der Waals surface area contributed by atoms with E-state index in [4.69, 9.17) is 5.73 Å². The third kappa shape index (κ3) is 3.18. The number of nitrogens with zero attached hydrogens (tertiary/aromatic N) is 2. The van der Waals surface area contributed by atoms with Gasteiger partial charge in [-0.15, -0.1) is 23.7 Å². The smallest absolute Gasteiger partial charge is 0.322 e. The molecule has 22 heavy (non-hydrogen) atoms. The number of aromatic nitrogens is 1. The Labute approximate surface area is 139 Å². The van der Waals surface area contributed by atoms with Crippen LogP contribution in [-0.2, 0) is 11.3 Å². The molecule has 2 fully saturated rings. The van der Waals surface area contributed by atoms with Gasteiger partial charge in [-0.3, -0.25) is 15.0 Å². The number of halogens is 1. The van der Waals surface area contributed by atoms with Crippen molar-refractivity contribution in [3.05, 3.63) is 11.1 Å². The maximum atomic E-state index is 12.0. The minimum Gasteiger partial charge on any atom is -0.375 e. The van der Waals surface area contributed by atoms with Crippen LogP contribution in [0.1, 0.15) is 24.6 Å². The summed E-state index contributed by atoms with van der Waals surface area (Å²) in [4.78, 5) is 30.9. The van der Waals surface area contributed by atoms with Gasteiger partial charge in [0.25, 0.3) is 5.91 Å². The second-order valence-corrected chi connectivity index (χ2v) is 6.97. The number of piperidine rings is 1. The van der Waals surface area contributed by atoms with E-state index < -0.39 is 5.54 Å². The molecule has 4 N–H and O–H groups in total. The highest BCUT2D eigenvalue weighted by molar-refractivity contribution is 7.15. The lowest BCUT2D eigenvalue weighted by Gasteiger charge is -2.38. The van der Waals surface area contributed by atoms with Crippen LogP contribution in [0, 0.1) is 5.92 Å². The minimum absolute atomic E-state index is 0. The lowest BCUT2D eigenvalue weighted by Crippen LogP contribution is -2.53. The second kappa shape index (κ2) is 6.39. The number of nitrogens with one attached hydrogen (secondary N) is 2. The van der Waals surface area contributed by atoms with Crippen LogP contribution < -0.4 is 16.4 Å². The highest BCUT2D eigenvalue weighted by Crippen LogP contribution is 2.31. The largest absolute Gasteiger partial charge is 0.375 e. The summed E-state index contributed by atoms with van der Waals surface area (Å²) in [6.45, 7) is 4.47. The number of likely N-dealkylation sites (tertiary alicyclic amines) is 1. The van der Waals surface area contributed by atoms with Crippen LogP contribution in [0.5, 0.6) is 0 Å². The van der Waals surface area contributed by atoms with Gasteiger partial charge in [0.15, 0.2) is 5.13 Å². The van der Waals surface area contributed by atoms with Crippen molar-refractivity contribution in [2.24, 2.45) is 5.92 Å². The Bertz CT molecular complexity index is 573. The number of nitrogen functional groups attached to an aromatic ring is 1. The number of rotatable bonds is 3. The predicted molar refractivity (Wildman–Crippen MR) is 86.9 cm³/mol. The Morgan fingerprint density at radius 2 is 2.14 bits per heavy atom. The summed E-state index contributed by atoms with van der Waals surface area (Å²) in [7, 11) is 0. The van der Waals surface area contributed by atoms with Gasteiger partial charge in [0.1, 0.15) is 5.54 Å². The van der Waals surface area contributed by atoms with Gasteiger partial charge in [0.2, 0.25) is 0 Å². The molecule has 2 aliphatic rings. The molecule has 3 rings (SSSR count). The van der Waals surface area contributed by atoms with Crippen molar-refractivity contribution in [1.82, 2.24) is 20.5 Å². The first-order valence-corrected chi connectivity index (χ1v) is 7.85. The Balaban J connectivity index is 0.00000176. The van der Waals surface area contributed by atoms with Crippen molar-refractivity contribution in [3.8, 4) is 0 Å². The molecular weight excluding hydrogens is 326 g/mol. The number of thiazole rings is 1. The molecule has 9 heteroatoms. The van der Waals surface area contributed by atoms with E-state index in [-0.39, 0.29) is 30.3 Å². The zero-order chi connectivity index (χ0) is 15.0. The van der Waals surface area contributed by atoms with E-state index in [0.29, 0.717) is 5.13 Å². The quantitative estimate of drug-likeness (QED) is 0.708. The Hall–Kier alpha value is -1.38. The fourth-order valence-electron chi connectivity index (χ4n) is 3.13. The van der Waals surface area contributed by atoms with Crippen LogP contribution in [0.3, 0.4) is 0 Å². The summed E-state index contributed by atoms with van der Waals surface area (Å²) < 4.78 is 0. The first-order chi connectivity index (χ1) is 9.97. The molecule has 2 saturated heterocycles. The molecule has 2 aliphatic heterocycles. The van der Waals surface area contributed by atoms with Gasteiger partial charge in [-0.25, -0.2) is 9.78 Å². The van der Waals surface area contributed by atoms with Gasteiger partial charge in [0.05, 0.1) is 0 Å². The van der Waals surface area contributed by atoms with E-state index in [1.165, 1.54) is 11.3 Å². The molecule has 1 aromatic heterocycles. The number of carbonyl (C=O) groups excluding carboxylic acids is 2. The first kappa shape index (κ1) is 17.0. The van der Waals surface area contributed by atoms with Crippen LogP contribution in [-0.4, -0.2) is 40.5 Å². The standard InChI is InChI=1S/C13H19N5O2S.ClH/c1-13(10(19)16-12(20)17-13)8-2-4-18(5-3-8)7-9-6-15-11(14)21-9;/h6,8H,2-5,7H2,1H3,(H2,14,15)(H2,16,17,19,20);1H. The molecule has 122 valence electrons. The van der Waals surface area contributed by atoms with Gasteiger partial charge < -0.3 is 11.1 Å². The number of anilines is 1. The number of imide groups is 1. The van der Waals surface area contributed by atoms with Crippen LogP contribution in [0.25, 0.3) is 0 Å². The fourth-order valence-corrected chi connectivity index (χ4v) is 3.86. The number of carbonyl (C=O) groups is 2. The van der Waals surface area contributed by atoms with Gasteiger partial charge >= 0.3 is 6.03 Å². The summed E-state index contributed by atoms with van der Waals surface area (Å²) in [6.07, 6.45) is 3.59. The van der Waals surface area contributed by atoms with Crippen molar-refractivity contribution in [2.45, 2.75) is 31.8 Å². The molecule has 3 heterocycles. The van der Waals surface area contributed by atoms with Crippen LogP contribution in [0.2, 0.25) is 0 Å². The normalized spacial score (nSPS) is 26.4. The fraction of sp³-hybridized carbons (Fsp3) is 0.615. The van der Waals surface area contributed by atoms with E-state index in [2.05, 4.69) is 20.5 Å². The number of hydrogen-bond acceptors (Lipinski definition) is 6. The highest BCUT2D eigenvalue weighted by atomic mass is 35.5. The van der Waals surface area contributed by atoms with E-state index in [1.807, 2.05) is 13.1 Å². The molecular formula is C13H20ClN5O2S. The number of nitrogens with two attached hydrogens (primary N) is 1. The van der Waals surface area contributed by atoms with E-state index >= 15 is 0 Å². The highest BCUT2D eigenvalue weighted by Gasteiger charge is 2.48. The summed E-state index contributed by atoms with van der Waals surface area (Å²) in [6, 6.07) is -0.384. The minimum atomic E-state index is -0.766. The Morgan fingerprint density at radius 1 is 1.45 bits per heavy atom. The lowest BCUT2D eigenvalue weighted by molar-refractivity contribution is -0.125. The molecule has 0 aliphatic carbocycles. The molecule has 3 amide bonds. The van der Waals surface area contributed by atoms with Crippen LogP contribution in [0.15, 0.2) is 6.20 Å². The summed E-state index contributed by atoms with van der Waals surface area (Å²) >= 11 is 1.51. The second-order valence-electron chi connectivity index (χ2n) is 5.83. The van der Waals surface area contributed by atoms with Gasteiger partial charge in [-0.2, -0.15) is 0 Å². The average molecular weight is 346 g/mol. The summed E-state index contributed by atoms with van der Waals surface area (Å²) in [5.41, 5.74) is 4.87. The molecule has 0 bridgehead atoms. The van der Waals surface area contributed by atoms with Crippen molar-refractivity contribution in [1.29, 1.82) is 0 Å². The Morgan fingerprint density at radius 3 is 2.64 bits per heavy atom. The molecule has 0 spiro atoms. The SMILES string of the molecule is CC1(C2CCN(Cc3cnc(N)s3)CC2)NC(=O)NC1=O.Cl. The molecule has 0 aromatic carbocycles. The molecule has 1 unspecified atom stereocenters. The summed E-state index contributed by atoms with van der Waals surface area (Å²) in [5, 5.41) is 5.71. The van der Waals surface area contributed by atoms with Crippen LogP contribution in [0.4, 0.5) is 9.93 Å². The average Bonchev–Trinajstić information content (AvgIpc) is 2.95. The van der Waals surface area contributed by atoms with Gasteiger partial charge in [-0.05, 0) is 38.8 Å². The van der Waals surface area contributed by atoms with Crippen molar-refractivity contribution < 1.29 is 9.59 Å². The maximum Gasteiger partial charge on any atom is 0.322 e. The van der Waals surface area contributed by atoms with Crippen molar-refractivity contribution in [3.63, 3.8) is 0 Å². The number of urea groups is 1. The van der Waals surface area contributed by atoms with E-state index in [1.54, 1.807) is 0 Å². The molecule has 0 saturated carbocycles. The van der Waals surface area contributed by atoms with Crippen LogP contribution >= 0.6 is 23.7 Å². The number of hydrogen-bond donors (Lipinski definition) is 3. The first-order valence-electron chi connectivity index (χ1n) is 7.03. The van der Waals surface area contributed by atoms with E-state index in [9.17, 15) is 9.59 Å². The van der Waals surface area contributed by atoms with Gasteiger partial charge in [0, 0.05) is 17.6 Å².